The van der Waals surface area contributed by atoms with E-state index in [1.54, 1.807) is 0 Å². The number of ether oxygens (including phenoxy) is 1. The second kappa shape index (κ2) is 16.4. The molecule has 0 aliphatic rings. The normalized spacial score (nSPS) is 11.5. The van der Waals surface area contributed by atoms with Crippen LogP contribution in [0.1, 0.15) is 69.8 Å². The van der Waals surface area contributed by atoms with Crippen molar-refractivity contribution in [1.82, 2.24) is 0 Å². The number of nitrogens with zero attached hydrogens (tertiary/aromatic N) is 1. The molecule has 26 heavy (non-hydrogen) atoms. The Balaban J connectivity index is 0.00000625. The van der Waals surface area contributed by atoms with Gasteiger partial charge in [0.25, 0.3) is 0 Å². The molecular formula is C23H40BrNO. The summed E-state index contributed by atoms with van der Waals surface area (Å²) < 4.78 is 6.67. The molecule has 2 nitrogen and oxygen atoms in total. The van der Waals surface area contributed by atoms with Gasteiger partial charge in [-0.3, -0.25) is 0 Å². The quantitative estimate of drug-likeness (QED) is 0.238. The molecule has 0 aliphatic carbocycles. The van der Waals surface area contributed by atoms with Crippen molar-refractivity contribution in [3.05, 3.63) is 42.2 Å². The molecule has 0 radical (unpaired) electrons. The highest BCUT2D eigenvalue weighted by Crippen LogP contribution is 2.11. The zero-order chi connectivity index (χ0) is 18.2. The second-order valence-corrected chi connectivity index (χ2v) is 8.13. The maximum absolute atomic E-state index is 5.56. The van der Waals surface area contributed by atoms with Crippen LogP contribution in [0, 0.1) is 0 Å². The van der Waals surface area contributed by atoms with Gasteiger partial charge in [0.1, 0.15) is 0 Å². The summed E-state index contributed by atoms with van der Waals surface area (Å²) in [6.45, 7) is 2.15. The van der Waals surface area contributed by atoms with E-state index in [1.807, 2.05) is 30.5 Å². The minimum atomic E-state index is 0. The van der Waals surface area contributed by atoms with Crippen molar-refractivity contribution in [3.8, 4) is 0 Å². The van der Waals surface area contributed by atoms with E-state index in [0.717, 1.165) is 11.1 Å². The Hall–Kier alpha value is -0.800. The first kappa shape index (κ1) is 25.2. The highest BCUT2D eigenvalue weighted by molar-refractivity contribution is 5.47. The maximum Gasteiger partial charge on any atom is 0.0873 e. The highest BCUT2D eigenvalue weighted by atomic mass is 79.9. The minimum Gasteiger partial charge on any atom is -1.00 e. The van der Waals surface area contributed by atoms with Gasteiger partial charge in [-0.15, -0.1) is 0 Å². The van der Waals surface area contributed by atoms with Crippen LogP contribution in [0.2, 0.25) is 0 Å². The lowest BCUT2D eigenvalue weighted by Crippen LogP contribution is -3.00. The standard InChI is InChI=1S/C23H40NO.BrH/c1-24(2,3)20-15-10-8-6-4-5-7-9-11-16-21-25-22-19-23-17-13-12-14-18-23;/h12-14,17-19,22H,4-11,15-16,20-21H2,1-3H3;1H/q+1;/p-1. The summed E-state index contributed by atoms with van der Waals surface area (Å²) in [5.74, 6) is 0. The summed E-state index contributed by atoms with van der Waals surface area (Å²) in [6, 6.07) is 10.3. The monoisotopic (exact) mass is 425 g/mol. The van der Waals surface area contributed by atoms with Crippen LogP contribution < -0.4 is 17.0 Å². The largest absolute Gasteiger partial charge is 1.00 e. The third-order valence-electron chi connectivity index (χ3n) is 4.50. The van der Waals surface area contributed by atoms with Gasteiger partial charge in [0.05, 0.1) is 40.6 Å². The first-order chi connectivity index (χ1) is 12.1. The van der Waals surface area contributed by atoms with E-state index in [0.29, 0.717) is 0 Å². The number of benzene rings is 1. The van der Waals surface area contributed by atoms with E-state index in [2.05, 4.69) is 33.3 Å². The van der Waals surface area contributed by atoms with Gasteiger partial charge >= 0.3 is 0 Å². The molecule has 0 heterocycles. The zero-order valence-corrected chi connectivity index (χ0v) is 18.8. The molecule has 0 saturated carbocycles. The predicted molar refractivity (Wildman–Crippen MR) is 110 cm³/mol. The minimum absolute atomic E-state index is 0. The first-order valence-corrected chi connectivity index (χ1v) is 10.2. The molecular weight excluding hydrogens is 386 g/mol. The van der Waals surface area contributed by atoms with Gasteiger partial charge in [0.15, 0.2) is 0 Å². The number of halogens is 1. The number of hydrogen-bond donors (Lipinski definition) is 0. The lowest BCUT2D eigenvalue weighted by atomic mass is 10.1. The smallest absolute Gasteiger partial charge is 0.0873 e. The Labute approximate surface area is 173 Å². The van der Waals surface area contributed by atoms with E-state index < -0.39 is 0 Å². The van der Waals surface area contributed by atoms with Crippen LogP contribution >= 0.6 is 0 Å². The van der Waals surface area contributed by atoms with E-state index in [1.165, 1.54) is 76.3 Å². The van der Waals surface area contributed by atoms with Gasteiger partial charge in [-0.05, 0) is 30.9 Å². The third-order valence-corrected chi connectivity index (χ3v) is 4.50. The molecule has 0 aromatic heterocycles. The molecule has 1 aromatic rings. The van der Waals surface area contributed by atoms with Crippen molar-refractivity contribution in [1.29, 1.82) is 0 Å². The molecule has 1 aromatic carbocycles. The van der Waals surface area contributed by atoms with Crippen molar-refractivity contribution >= 4 is 6.08 Å². The lowest BCUT2D eigenvalue weighted by molar-refractivity contribution is -0.870. The fraction of sp³-hybridized carbons (Fsp3) is 0.652. The van der Waals surface area contributed by atoms with Crippen LogP contribution in [-0.2, 0) is 4.74 Å². The van der Waals surface area contributed by atoms with Crippen molar-refractivity contribution in [2.24, 2.45) is 0 Å². The summed E-state index contributed by atoms with van der Waals surface area (Å²) >= 11 is 0. The summed E-state index contributed by atoms with van der Waals surface area (Å²) in [6.07, 6.45) is 17.5. The third kappa shape index (κ3) is 16.7. The Morgan fingerprint density at radius 1 is 0.731 bits per heavy atom. The van der Waals surface area contributed by atoms with Crippen LogP contribution in [-0.4, -0.2) is 38.8 Å². The molecule has 0 saturated heterocycles. The van der Waals surface area contributed by atoms with Gasteiger partial charge in [-0.2, -0.15) is 0 Å². The highest BCUT2D eigenvalue weighted by Gasteiger charge is 2.04. The Bertz CT molecular complexity index is 439. The van der Waals surface area contributed by atoms with E-state index in [4.69, 9.17) is 4.74 Å². The Kier molecular flexibility index (Phi) is 15.9. The fourth-order valence-corrected chi connectivity index (χ4v) is 2.94. The lowest BCUT2D eigenvalue weighted by Gasteiger charge is -2.23. The summed E-state index contributed by atoms with van der Waals surface area (Å²) in [7, 11) is 6.85. The van der Waals surface area contributed by atoms with Gasteiger partial charge in [-0.1, -0.05) is 75.3 Å². The summed E-state index contributed by atoms with van der Waals surface area (Å²) in [5.41, 5.74) is 1.19. The number of hydrogen-bond acceptors (Lipinski definition) is 1. The first-order valence-electron chi connectivity index (χ1n) is 10.2. The summed E-state index contributed by atoms with van der Waals surface area (Å²) in [5, 5.41) is 0. The van der Waals surface area contributed by atoms with Crippen molar-refractivity contribution in [2.45, 2.75) is 64.2 Å². The molecule has 0 atom stereocenters. The van der Waals surface area contributed by atoms with Crippen LogP contribution in [0.3, 0.4) is 0 Å². The molecule has 0 bridgehead atoms. The number of rotatable bonds is 15. The maximum atomic E-state index is 5.56. The molecule has 150 valence electrons. The molecule has 0 amide bonds. The Morgan fingerprint density at radius 3 is 1.77 bits per heavy atom. The average Bonchev–Trinajstić information content (AvgIpc) is 2.58. The van der Waals surface area contributed by atoms with E-state index in [9.17, 15) is 0 Å². The molecule has 0 unspecified atom stereocenters. The fourth-order valence-electron chi connectivity index (χ4n) is 2.94. The van der Waals surface area contributed by atoms with Crippen LogP contribution in [0.4, 0.5) is 0 Å². The molecule has 1 rings (SSSR count). The van der Waals surface area contributed by atoms with Crippen LogP contribution in [0.15, 0.2) is 36.6 Å². The molecule has 0 fully saturated rings. The van der Waals surface area contributed by atoms with Crippen LogP contribution in [0.25, 0.3) is 6.08 Å². The molecule has 0 N–H and O–H groups in total. The van der Waals surface area contributed by atoms with Gasteiger partial charge in [0.2, 0.25) is 0 Å². The number of unbranched alkanes of at least 4 members (excludes halogenated alkanes) is 9. The molecule has 3 heteroatoms. The van der Waals surface area contributed by atoms with Crippen molar-refractivity contribution in [3.63, 3.8) is 0 Å². The van der Waals surface area contributed by atoms with Gasteiger partial charge in [0, 0.05) is 0 Å². The van der Waals surface area contributed by atoms with Crippen molar-refractivity contribution in [2.75, 3.05) is 34.3 Å². The van der Waals surface area contributed by atoms with Crippen molar-refractivity contribution < 1.29 is 26.2 Å². The van der Waals surface area contributed by atoms with Gasteiger partial charge < -0.3 is 26.2 Å². The zero-order valence-electron chi connectivity index (χ0n) is 17.3. The SMILES string of the molecule is C[N+](C)(C)CCCCCCCCCCCCOC=Cc1ccccc1.[Br-]. The summed E-state index contributed by atoms with van der Waals surface area (Å²) in [4.78, 5) is 0. The second-order valence-electron chi connectivity index (χ2n) is 8.13. The predicted octanol–water partition coefficient (Wildman–Crippen LogP) is 3.29. The topological polar surface area (TPSA) is 9.23 Å². The van der Waals surface area contributed by atoms with E-state index in [-0.39, 0.29) is 17.0 Å². The average molecular weight is 426 g/mol. The Morgan fingerprint density at radius 2 is 1.23 bits per heavy atom. The van der Waals surface area contributed by atoms with Crippen LogP contribution in [0.5, 0.6) is 0 Å². The van der Waals surface area contributed by atoms with E-state index >= 15 is 0 Å². The molecule has 0 aliphatic heterocycles. The molecule has 0 spiro atoms. The van der Waals surface area contributed by atoms with Gasteiger partial charge in [-0.25, -0.2) is 0 Å². The number of quaternary nitrogens is 1.